The zero-order chi connectivity index (χ0) is 19.3. The van der Waals surface area contributed by atoms with E-state index in [1.54, 1.807) is 0 Å². The average molecular weight is 282 g/mol. The number of ether oxygens (including phenoxy) is 1. The van der Waals surface area contributed by atoms with E-state index in [2.05, 4.69) is 9.72 Å². The summed E-state index contributed by atoms with van der Waals surface area (Å²) in [5, 5.41) is 0. The molecule has 1 saturated heterocycles. The normalized spacial score (nSPS) is 25.0. The van der Waals surface area contributed by atoms with Gasteiger partial charge in [0.25, 0.3) is 0 Å². The fourth-order valence-electron chi connectivity index (χ4n) is 1.78. The van der Waals surface area contributed by atoms with Crippen LogP contribution in [0, 0.1) is 0 Å². The molecule has 0 N–H and O–H groups in total. The Bertz CT molecular complexity index is 661. The largest absolute Gasteiger partial charge is 0.496 e. The van der Waals surface area contributed by atoms with Crippen LogP contribution in [0.4, 0.5) is 0 Å². The van der Waals surface area contributed by atoms with Crippen LogP contribution >= 0.6 is 0 Å². The first-order valence-electron chi connectivity index (χ1n) is 8.70. The Hall–Kier alpha value is -1.40. The van der Waals surface area contributed by atoms with Gasteiger partial charge in [-0.3, -0.25) is 4.98 Å². The maximum absolute atomic E-state index is 12.1. The summed E-state index contributed by atoms with van der Waals surface area (Å²) in [5.41, 5.74) is -0.803. The van der Waals surface area contributed by atoms with Crippen molar-refractivity contribution in [3.8, 4) is 0 Å². The Morgan fingerprint density at radius 2 is 2.05 bits per heavy atom. The zero-order valence-electron chi connectivity index (χ0n) is 16.9. The lowest BCUT2D eigenvalue weighted by Gasteiger charge is -2.32. The molecule has 1 aliphatic rings. The Morgan fingerprint density at radius 3 is 2.65 bits per heavy atom. The van der Waals surface area contributed by atoms with Gasteiger partial charge in [0, 0.05) is 22.0 Å². The van der Waals surface area contributed by atoms with Crippen molar-refractivity contribution < 1.29 is 25.7 Å². The number of esters is 1. The molecule has 1 aromatic rings. The first-order chi connectivity index (χ1) is 11.2. The van der Waals surface area contributed by atoms with Crippen molar-refractivity contribution >= 4 is 18.6 Å². The molecule has 0 bridgehead atoms. The van der Waals surface area contributed by atoms with Crippen LogP contribution in [0.3, 0.4) is 0 Å². The monoisotopic (exact) mass is 282 g/mol. The molecule has 0 radical (unpaired) electrons. The van der Waals surface area contributed by atoms with Gasteiger partial charge in [0.2, 0.25) is 0 Å². The summed E-state index contributed by atoms with van der Waals surface area (Å²) in [6.45, 7) is 1.31. The number of carbonyl (C=O) groups excluding carboxylic acids is 1. The second-order valence-electron chi connectivity index (χ2n) is 5.59. The lowest BCUT2D eigenvalue weighted by atomic mass is 9.80. The number of rotatable bonds is 3. The Balaban J connectivity index is 2.22. The second-order valence-corrected chi connectivity index (χ2v) is 5.59. The molecule has 6 heteroatoms. The highest BCUT2D eigenvalue weighted by Gasteiger charge is 2.51. The lowest BCUT2D eigenvalue weighted by Crippen LogP contribution is -2.41. The third kappa shape index (κ3) is 2.71. The SMILES string of the molecule is [2H]C([2H])([2H])C([2H])([2H])OC(=O)c1cncc(B2OC(C)(C)C(C)(C)O2)c1. The zero-order valence-corrected chi connectivity index (χ0v) is 11.9. The molecular weight excluding hydrogens is 257 g/mol. The van der Waals surface area contributed by atoms with Crippen molar-refractivity contribution in [2.45, 2.75) is 45.7 Å². The van der Waals surface area contributed by atoms with Gasteiger partial charge >= 0.3 is 13.1 Å². The van der Waals surface area contributed by atoms with Crippen LogP contribution in [0.1, 0.15) is 51.8 Å². The highest BCUT2D eigenvalue weighted by molar-refractivity contribution is 6.62. The maximum atomic E-state index is 12.1. The van der Waals surface area contributed by atoms with E-state index in [0.717, 1.165) is 6.20 Å². The fraction of sp³-hybridized carbons (Fsp3) is 0.571. The van der Waals surface area contributed by atoms with Crippen LogP contribution in [0.15, 0.2) is 18.5 Å². The molecule has 2 heterocycles. The molecule has 0 spiro atoms. The van der Waals surface area contributed by atoms with E-state index < -0.39 is 37.7 Å². The minimum absolute atomic E-state index is 0.0969. The van der Waals surface area contributed by atoms with Gasteiger partial charge < -0.3 is 14.0 Å². The maximum Gasteiger partial charge on any atom is 0.496 e. The summed E-state index contributed by atoms with van der Waals surface area (Å²) in [6, 6.07) is 1.38. The predicted octanol–water partition coefficient (Wildman–Crippen LogP) is 1.56. The summed E-state index contributed by atoms with van der Waals surface area (Å²) in [7, 11) is -0.760. The van der Waals surface area contributed by atoms with Gasteiger partial charge in [0.05, 0.1) is 26.1 Å². The van der Waals surface area contributed by atoms with Crippen molar-refractivity contribution in [2.24, 2.45) is 0 Å². The molecule has 20 heavy (non-hydrogen) atoms. The third-order valence-corrected chi connectivity index (χ3v) is 3.66. The second kappa shape index (κ2) is 5.18. The van der Waals surface area contributed by atoms with Crippen LogP contribution in [-0.2, 0) is 14.0 Å². The Kier molecular flexibility index (Phi) is 2.47. The minimum Gasteiger partial charge on any atom is -0.462 e. The van der Waals surface area contributed by atoms with E-state index in [1.165, 1.54) is 12.3 Å². The van der Waals surface area contributed by atoms with Gasteiger partial charge in [-0.1, -0.05) is 0 Å². The van der Waals surface area contributed by atoms with Gasteiger partial charge in [0.15, 0.2) is 0 Å². The van der Waals surface area contributed by atoms with Crippen LogP contribution in [-0.4, -0.2) is 35.8 Å². The third-order valence-electron chi connectivity index (χ3n) is 3.66. The van der Waals surface area contributed by atoms with Crippen LogP contribution in [0.5, 0.6) is 0 Å². The van der Waals surface area contributed by atoms with Gasteiger partial charge in [-0.05, 0) is 40.6 Å². The van der Waals surface area contributed by atoms with E-state index in [1.807, 2.05) is 27.7 Å². The number of carbonyl (C=O) groups is 1. The first kappa shape index (κ1) is 9.52. The fourth-order valence-corrected chi connectivity index (χ4v) is 1.78. The van der Waals surface area contributed by atoms with Crippen molar-refractivity contribution in [1.82, 2.24) is 4.98 Å². The van der Waals surface area contributed by atoms with E-state index >= 15 is 0 Å². The van der Waals surface area contributed by atoms with Crippen molar-refractivity contribution in [3.05, 3.63) is 24.0 Å². The number of pyridine rings is 1. The molecule has 0 unspecified atom stereocenters. The number of hydrogen-bond donors (Lipinski definition) is 0. The van der Waals surface area contributed by atoms with Crippen LogP contribution < -0.4 is 5.46 Å². The molecule has 0 aromatic carbocycles. The summed E-state index contributed by atoms with van der Waals surface area (Å²) >= 11 is 0. The molecule has 2 rings (SSSR count). The molecule has 0 saturated carbocycles. The van der Waals surface area contributed by atoms with Gasteiger partial charge in [-0.2, -0.15) is 0 Å². The molecular formula is C14H20BNO4. The number of aromatic nitrogens is 1. The first-order valence-corrected chi connectivity index (χ1v) is 6.20. The Labute approximate surface area is 126 Å². The van der Waals surface area contributed by atoms with E-state index in [9.17, 15) is 4.79 Å². The molecule has 0 aliphatic carbocycles. The van der Waals surface area contributed by atoms with Crippen molar-refractivity contribution in [2.75, 3.05) is 6.56 Å². The summed E-state index contributed by atoms with van der Waals surface area (Å²) in [5.74, 6) is -1.13. The Morgan fingerprint density at radius 1 is 1.40 bits per heavy atom. The van der Waals surface area contributed by atoms with E-state index in [0.29, 0.717) is 5.46 Å². The topological polar surface area (TPSA) is 57.7 Å². The number of nitrogens with zero attached hydrogens (tertiary/aromatic N) is 1. The van der Waals surface area contributed by atoms with Crippen LogP contribution in [0.25, 0.3) is 0 Å². The molecule has 0 atom stereocenters. The van der Waals surface area contributed by atoms with Crippen molar-refractivity contribution in [3.63, 3.8) is 0 Å². The molecule has 0 amide bonds. The lowest BCUT2D eigenvalue weighted by molar-refractivity contribution is 0.00578. The molecule has 1 aliphatic heterocycles. The average Bonchev–Trinajstić information content (AvgIpc) is 2.66. The molecule has 5 nitrogen and oxygen atoms in total. The predicted molar refractivity (Wildman–Crippen MR) is 75.9 cm³/mol. The molecule has 108 valence electrons. The van der Waals surface area contributed by atoms with E-state index in [-0.39, 0.29) is 5.56 Å². The summed E-state index contributed by atoms with van der Waals surface area (Å²) in [4.78, 5) is 16.0. The van der Waals surface area contributed by atoms with Crippen molar-refractivity contribution in [1.29, 1.82) is 0 Å². The highest BCUT2D eigenvalue weighted by atomic mass is 16.7. The summed E-state index contributed by atoms with van der Waals surface area (Å²) in [6.07, 6.45) is 2.62. The highest BCUT2D eigenvalue weighted by Crippen LogP contribution is 2.36. The summed E-state index contributed by atoms with van der Waals surface area (Å²) < 4.78 is 52.2. The van der Waals surface area contributed by atoms with Gasteiger partial charge in [-0.15, -0.1) is 0 Å². The smallest absolute Gasteiger partial charge is 0.462 e. The quantitative estimate of drug-likeness (QED) is 0.622. The molecule has 1 fully saturated rings. The van der Waals surface area contributed by atoms with E-state index in [4.69, 9.17) is 16.2 Å². The number of hydrogen-bond acceptors (Lipinski definition) is 5. The standard InChI is InChI=1S/C14H20BNO4/c1-6-18-12(17)10-7-11(9-16-8-10)15-19-13(2,3)14(4,5)20-15/h7-9H,6H2,1-5H3/i1D3,6D2. The minimum atomic E-state index is -3.11. The van der Waals surface area contributed by atoms with Gasteiger partial charge in [-0.25, -0.2) is 4.79 Å². The van der Waals surface area contributed by atoms with Crippen LogP contribution in [0.2, 0.25) is 0 Å². The molecule has 1 aromatic heterocycles. The van der Waals surface area contributed by atoms with Gasteiger partial charge in [0.1, 0.15) is 0 Å².